The topological polar surface area (TPSA) is 110 Å². The van der Waals surface area contributed by atoms with Crippen LogP contribution in [0.5, 0.6) is 23.1 Å². The summed E-state index contributed by atoms with van der Waals surface area (Å²) in [6, 6.07) is 7.86. The zero-order chi connectivity index (χ0) is 26.5. The van der Waals surface area contributed by atoms with E-state index in [0.29, 0.717) is 25.7 Å². The summed E-state index contributed by atoms with van der Waals surface area (Å²) >= 11 is 0. The van der Waals surface area contributed by atoms with Gasteiger partial charge in [0.2, 0.25) is 5.88 Å². The standard InChI is InChI=1S/C26H24F3N3O5/c1-36-22-4-2-3-21(33)23(22)25(35)32-16-7-5-15(6-8-16)31-24(34)18-11-14(27)13-30-26(18)37-17-9-10-19(28)20(29)12-17/h2-4,9-13,15-16,33H,5-8H2,1H3,(H,31,34)(H,32,35). The summed E-state index contributed by atoms with van der Waals surface area (Å²) in [5.41, 5.74) is -0.153. The van der Waals surface area contributed by atoms with Crippen LogP contribution in [0.25, 0.3) is 0 Å². The molecule has 1 aromatic heterocycles. The van der Waals surface area contributed by atoms with Crippen LogP contribution in [0.2, 0.25) is 0 Å². The molecule has 11 heteroatoms. The van der Waals surface area contributed by atoms with Crippen LogP contribution in [0.1, 0.15) is 46.4 Å². The first-order chi connectivity index (χ1) is 17.7. The van der Waals surface area contributed by atoms with Crippen molar-refractivity contribution in [1.82, 2.24) is 15.6 Å². The number of benzene rings is 2. The number of hydrogen-bond acceptors (Lipinski definition) is 6. The summed E-state index contributed by atoms with van der Waals surface area (Å²) in [5.74, 6) is -4.39. The molecular weight excluding hydrogens is 491 g/mol. The number of hydrogen-bond donors (Lipinski definition) is 3. The molecule has 0 saturated heterocycles. The lowest BCUT2D eigenvalue weighted by Gasteiger charge is -2.30. The van der Waals surface area contributed by atoms with Gasteiger partial charge in [0.25, 0.3) is 11.8 Å². The van der Waals surface area contributed by atoms with Crippen molar-refractivity contribution < 1.29 is 37.3 Å². The number of amides is 2. The van der Waals surface area contributed by atoms with Gasteiger partial charge in [-0.1, -0.05) is 6.07 Å². The van der Waals surface area contributed by atoms with Gasteiger partial charge in [-0.2, -0.15) is 0 Å². The van der Waals surface area contributed by atoms with Crippen LogP contribution in [-0.2, 0) is 0 Å². The van der Waals surface area contributed by atoms with Crippen molar-refractivity contribution >= 4 is 11.8 Å². The molecule has 0 bridgehead atoms. The second-order valence-electron chi connectivity index (χ2n) is 8.53. The lowest BCUT2D eigenvalue weighted by molar-refractivity contribution is 0.0886. The van der Waals surface area contributed by atoms with E-state index in [-0.39, 0.29) is 46.3 Å². The van der Waals surface area contributed by atoms with Gasteiger partial charge in [0.1, 0.15) is 34.2 Å². The van der Waals surface area contributed by atoms with Crippen molar-refractivity contribution in [2.75, 3.05) is 7.11 Å². The minimum atomic E-state index is -1.14. The molecule has 4 rings (SSSR count). The monoisotopic (exact) mass is 515 g/mol. The van der Waals surface area contributed by atoms with Crippen LogP contribution in [0.4, 0.5) is 13.2 Å². The van der Waals surface area contributed by atoms with Crippen molar-refractivity contribution in [2.24, 2.45) is 0 Å². The molecule has 0 atom stereocenters. The molecule has 3 N–H and O–H groups in total. The highest BCUT2D eigenvalue weighted by Gasteiger charge is 2.27. The first-order valence-corrected chi connectivity index (χ1v) is 11.5. The van der Waals surface area contributed by atoms with Crippen LogP contribution in [0.3, 0.4) is 0 Å². The molecule has 8 nitrogen and oxygen atoms in total. The zero-order valence-electron chi connectivity index (χ0n) is 19.8. The fourth-order valence-corrected chi connectivity index (χ4v) is 4.14. The number of carbonyl (C=O) groups excluding carboxylic acids is 2. The highest BCUT2D eigenvalue weighted by molar-refractivity contribution is 5.99. The number of halogens is 3. The summed E-state index contributed by atoms with van der Waals surface area (Å²) in [5, 5.41) is 15.8. The van der Waals surface area contributed by atoms with Gasteiger partial charge in [-0.15, -0.1) is 0 Å². The second kappa shape index (κ2) is 11.2. The van der Waals surface area contributed by atoms with Crippen molar-refractivity contribution in [2.45, 2.75) is 37.8 Å². The van der Waals surface area contributed by atoms with E-state index in [1.165, 1.54) is 13.2 Å². The van der Waals surface area contributed by atoms with Crippen LogP contribution >= 0.6 is 0 Å². The normalized spacial score (nSPS) is 17.1. The van der Waals surface area contributed by atoms with E-state index in [0.717, 1.165) is 30.5 Å². The van der Waals surface area contributed by atoms with E-state index < -0.39 is 29.3 Å². The maximum Gasteiger partial charge on any atom is 0.259 e. The van der Waals surface area contributed by atoms with Gasteiger partial charge >= 0.3 is 0 Å². The first kappa shape index (κ1) is 25.8. The van der Waals surface area contributed by atoms with E-state index in [1.807, 2.05) is 0 Å². The summed E-state index contributed by atoms with van der Waals surface area (Å²) < 4.78 is 51.2. The van der Waals surface area contributed by atoms with Gasteiger partial charge in [0.05, 0.1) is 13.3 Å². The Labute approximate surface area is 210 Å². The highest BCUT2D eigenvalue weighted by atomic mass is 19.2. The van der Waals surface area contributed by atoms with Crippen LogP contribution in [-0.4, -0.2) is 41.1 Å². The van der Waals surface area contributed by atoms with Gasteiger partial charge in [0, 0.05) is 18.2 Å². The quantitative estimate of drug-likeness (QED) is 0.428. The van der Waals surface area contributed by atoms with E-state index in [4.69, 9.17) is 9.47 Å². The third-order valence-corrected chi connectivity index (χ3v) is 6.02. The number of nitrogens with zero attached hydrogens (tertiary/aromatic N) is 1. The lowest BCUT2D eigenvalue weighted by atomic mass is 9.90. The third kappa shape index (κ3) is 6.11. The summed E-state index contributed by atoms with van der Waals surface area (Å²) in [6.45, 7) is 0. The van der Waals surface area contributed by atoms with Crippen molar-refractivity contribution in [1.29, 1.82) is 0 Å². The third-order valence-electron chi connectivity index (χ3n) is 6.02. The Bertz CT molecular complexity index is 1310. The molecule has 3 aromatic rings. The Balaban J connectivity index is 1.37. The summed E-state index contributed by atoms with van der Waals surface area (Å²) in [4.78, 5) is 29.4. The molecule has 194 valence electrons. The van der Waals surface area contributed by atoms with Crippen molar-refractivity contribution in [3.63, 3.8) is 0 Å². The number of nitrogens with one attached hydrogen (secondary N) is 2. The Morgan fingerprint density at radius 3 is 2.27 bits per heavy atom. The number of aromatic nitrogens is 1. The molecule has 37 heavy (non-hydrogen) atoms. The average Bonchev–Trinajstić information content (AvgIpc) is 2.88. The molecule has 0 unspecified atom stereocenters. The van der Waals surface area contributed by atoms with Crippen LogP contribution < -0.4 is 20.1 Å². The van der Waals surface area contributed by atoms with Gasteiger partial charge in [-0.3, -0.25) is 9.59 Å². The number of aromatic hydroxyl groups is 1. The average molecular weight is 515 g/mol. The predicted molar refractivity (Wildman–Crippen MR) is 126 cm³/mol. The van der Waals surface area contributed by atoms with Crippen molar-refractivity contribution in [3.8, 4) is 23.1 Å². The lowest BCUT2D eigenvalue weighted by Crippen LogP contribution is -2.44. The first-order valence-electron chi connectivity index (χ1n) is 11.5. The van der Waals surface area contributed by atoms with E-state index in [9.17, 15) is 27.9 Å². The fraction of sp³-hybridized carbons (Fsp3) is 0.269. The summed E-state index contributed by atoms with van der Waals surface area (Å²) in [7, 11) is 1.40. The Kier molecular flexibility index (Phi) is 7.80. The molecule has 0 radical (unpaired) electrons. The molecule has 1 fully saturated rings. The maximum absolute atomic E-state index is 13.9. The minimum Gasteiger partial charge on any atom is -0.507 e. The minimum absolute atomic E-state index is 0.0487. The van der Waals surface area contributed by atoms with Crippen LogP contribution in [0.15, 0.2) is 48.7 Å². The Morgan fingerprint density at radius 1 is 0.946 bits per heavy atom. The largest absolute Gasteiger partial charge is 0.507 e. The van der Waals surface area contributed by atoms with Crippen LogP contribution in [0, 0.1) is 17.5 Å². The summed E-state index contributed by atoms with van der Waals surface area (Å²) in [6.07, 6.45) is 2.99. The molecule has 2 amide bonds. The van der Waals surface area contributed by atoms with Gasteiger partial charge in [-0.05, 0) is 56.0 Å². The molecule has 1 heterocycles. The van der Waals surface area contributed by atoms with Gasteiger partial charge < -0.3 is 25.2 Å². The SMILES string of the molecule is COc1cccc(O)c1C(=O)NC1CCC(NC(=O)c2cc(F)cnc2Oc2ccc(F)c(F)c2)CC1. The predicted octanol–water partition coefficient (Wildman–Crippen LogP) is 4.48. The molecular formula is C26H24F3N3O5. The highest BCUT2D eigenvalue weighted by Crippen LogP contribution is 2.29. The molecule has 0 aliphatic heterocycles. The van der Waals surface area contributed by atoms with Crippen molar-refractivity contribution in [3.05, 3.63) is 77.2 Å². The number of carbonyl (C=O) groups is 2. The van der Waals surface area contributed by atoms with E-state index >= 15 is 0 Å². The number of pyridine rings is 1. The Hall–Kier alpha value is -4.28. The number of methoxy groups -OCH3 is 1. The number of rotatable bonds is 7. The molecule has 2 aromatic carbocycles. The number of phenolic OH excluding ortho intramolecular Hbond substituents is 1. The second-order valence-corrected chi connectivity index (χ2v) is 8.53. The molecule has 1 saturated carbocycles. The zero-order valence-corrected chi connectivity index (χ0v) is 19.8. The van der Waals surface area contributed by atoms with Gasteiger partial charge in [-0.25, -0.2) is 18.2 Å². The molecule has 1 aliphatic carbocycles. The smallest absolute Gasteiger partial charge is 0.259 e. The number of ether oxygens (including phenoxy) is 2. The van der Waals surface area contributed by atoms with E-state index in [1.54, 1.807) is 12.1 Å². The number of phenols is 1. The maximum atomic E-state index is 13.9. The molecule has 1 aliphatic rings. The molecule has 0 spiro atoms. The van der Waals surface area contributed by atoms with Gasteiger partial charge in [0.15, 0.2) is 11.6 Å². The fourth-order valence-electron chi connectivity index (χ4n) is 4.14. The Morgan fingerprint density at radius 2 is 1.62 bits per heavy atom. The van der Waals surface area contributed by atoms with E-state index in [2.05, 4.69) is 15.6 Å².